The lowest BCUT2D eigenvalue weighted by molar-refractivity contribution is -0.132. The number of aryl methyl sites for hydroxylation is 1. The zero-order chi connectivity index (χ0) is 21.7. The predicted octanol–water partition coefficient (Wildman–Crippen LogP) is 3.15. The Hall–Kier alpha value is -3.35. The van der Waals surface area contributed by atoms with Crippen LogP contribution >= 0.6 is 0 Å². The van der Waals surface area contributed by atoms with Crippen LogP contribution in [0.3, 0.4) is 0 Å². The van der Waals surface area contributed by atoms with E-state index in [9.17, 15) is 9.59 Å². The molecule has 0 radical (unpaired) electrons. The van der Waals surface area contributed by atoms with Crippen molar-refractivity contribution in [1.29, 1.82) is 0 Å². The molecule has 0 saturated heterocycles. The molecule has 0 saturated carbocycles. The van der Waals surface area contributed by atoms with E-state index in [1.165, 1.54) is 0 Å². The molecule has 2 aromatic heterocycles. The Labute approximate surface area is 176 Å². The van der Waals surface area contributed by atoms with Gasteiger partial charge in [0.2, 0.25) is 5.91 Å². The first-order chi connectivity index (χ1) is 14.2. The van der Waals surface area contributed by atoms with Crippen LogP contribution in [0.2, 0.25) is 0 Å². The lowest BCUT2D eigenvalue weighted by Gasteiger charge is -2.30. The van der Waals surface area contributed by atoms with Crippen LogP contribution in [0.5, 0.6) is 0 Å². The molecule has 1 amide bonds. The van der Waals surface area contributed by atoms with Crippen molar-refractivity contribution in [2.24, 2.45) is 5.41 Å². The topological polar surface area (TPSA) is 91.8 Å². The number of hydrogen-bond donors (Lipinski definition) is 1. The van der Waals surface area contributed by atoms with E-state index in [0.29, 0.717) is 36.0 Å². The molecule has 7 nitrogen and oxygen atoms in total. The second kappa shape index (κ2) is 8.98. The van der Waals surface area contributed by atoms with E-state index in [-0.39, 0.29) is 23.3 Å². The third-order valence-electron chi connectivity index (χ3n) is 4.56. The maximum atomic E-state index is 13.2. The number of H-pyrrole nitrogens is 1. The standard InChI is InChI=1S/C23H27N5O2/c1-16-18(22(30)27-21(26-16)20-24-11-8-12-25-20)13-19(29)28(15-23(2,3)4)14-17-9-6-5-7-10-17/h5-12H,13-15H2,1-4H3,(H,26,27,30). The first-order valence-electron chi connectivity index (χ1n) is 9.92. The summed E-state index contributed by atoms with van der Waals surface area (Å²) in [4.78, 5) is 43.1. The summed E-state index contributed by atoms with van der Waals surface area (Å²) in [6.45, 7) is 9.08. The fraction of sp³-hybridized carbons (Fsp3) is 0.348. The van der Waals surface area contributed by atoms with Gasteiger partial charge in [-0.3, -0.25) is 9.59 Å². The molecule has 1 aromatic carbocycles. The van der Waals surface area contributed by atoms with E-state index in [1.807, 2.05) is 35.2 Å². The van der Waals surface area contributed by atoms with Gasteiger partial charge in [0, 0.05) is 36.7 Å². The van der Waals surface area contributed by atoms with Gasteiger partial charge in [0.25, 0.3) is 5.56 Å². The molecule has 0 aliphatic carbocycles. The number of aromatic nitrogens is 4. The molecule has 0 fully saturated rings. The van der Waals surface area contributed by atoms with Gasteiger partial charge in [-0.1, -0.05) is 51.1 Å². The number of rotatable bonds is 6. The fourth-order valence-corrected chi connectivity index (χ4v) is 3.22. The van der Waals surface area contributed by atoms with Crippen molar-refractivity contribution in [2.45, 2.75) is 40.7 Å². The van der Waals surface area contributed by atoms with Crippen molar-refractivity contribution in [3.63, 3.8) is 0 Å². The number of nitrogens with zero attached hydrogens (tertiary/aromatic N) is 4. The SMILES string of the molecule is Cc1nc(-c2ncccn2)[nH]c(=O)c1CC(=O)N(Cc1ccccc1)CC(C)(C)C. The van der Waals surface area contributed by atoms with Crippen LogP contribution in [0.15, 0.2) is 53.6 Å². The summed E-state index contributed by atoms with van der Waals surface area (Å²) in [5.74, 6) is 0.534. The van der Waals surface area contributed by atoms with Crippen molar-refractivity contribution in [3.05, 3.63) is 76.0 Å². The van der Waals surface area contributed by atoms with Gasteiger partial charge in [-0.2, -0.15) is 0 Å². The quantitative estimate of drug-likeness (QED) is 0.680. The van der Waals surface area contributed by atoms with Gasteiger partial charge in [0.15, 0.2) is 11.6 Å². The molecule has 0 unspecified atom stereocenters. The van der Waals surface area contributed by atoms with Crippen LogP contribution < -0.4 is 5.56 Å². The minimum atomic E-state index is -0.339. The average Bonchev–Trinajstić information content (AvgIpc) is 2.70. The summed E-state index contributed by atoms with van der Waals surface area (Å²) in [7, 11) is 0. The molecular weight excluding hydrogens is 378 g/mol. The highest BCUT2D eigenvalue weighted by molar-refractivity contribution is 5.79. The second-order valence-electron chi connectivity index (χ2n) is 8.52. The van der Waals surface area contributed by atoms with Crippen LogP contribution in [0.25, 0.3) is 11.6 Å². The zero-order valence-corrected chi connectivity index (χ0v) is 17.8. The molecule has 3 aromatic rings. The maximum Gasteiger partial charge on any atom is 0.255 e. The predicted molar refractivity (Wildman–Crippen MR) is 116 cm³/mol. The molecule has 30 heavy (non-hydrogen) atoms. The lowest BCUT2D eigenvalue weighted by Crippen LogP contribution is -2.39. The smallest absolute Gasteiger partial charge is 0.255 e. The molecule has 0 atom stereocenters. The number of hydrogen-bond acceptors (Lipinski definition) is 5. The van der Waals surface area contributed by atoms with E-state index in [0.717, 1.165) is 5.56 Å². The first kappa shape index (κ1) is 21.4. The van der Waals surface area contributed by atoms with Gasteiger partial charge in [-0.05, 0) is 24.0 Å². The average molecular weight is 406 g/mol. The van der Waals surface area contributed by atoms with Crippen molar-refractivity contribution < 1.29 is 4.79 Å². The molecular formula is C23H27N5O2. The molecule has 156 valence electrons. The third-order valence-corrected chi connectivity index (χ3v) is 4.56. The number of nitrogens with one attached hydrogen (secondary N) is 1. The van der Waals surface area contributed by atoms with Crippen LogP contribution in [-0.4, -0.2) is 37.3 Å². The Morgan fingerprint density at radius 3 is 2.33 bits per heavy atom. The van der Waals surface area contributed by atoms with Gasteiger partial charge in [0.05, 0.1) is 6.42 Å². The number of carbonyl (C=O) groups is 1. The molecule has 1 N–H and O–H groups in total. The van der Waals surface area contributed by atoms with Gasteiger partial charge in [-0.25, -0.2) is 15.0 Å². The summed E-state index contributed by atoms with van der Waals surface area (Å²) >= 11 is 0. The van der Waals surface area contributed by atoms with Gasteiger partial charge in [0.1, 0.15) is 0 Å². The van der Waals surface area contributed by atoms with Crippen molar-refractivity contribution in [1.82, 2.24) is 24.8 Å². The molecule has 2 heterocycles. The molecule has 0 aliphatic rings. The fourth-order valence-electron chi connectivity index (χ4n) is 3.22. The Kier molecular flexibility index (Phi) is 6.40. The minimum Gasteiger partial charge on any atom is -0.338 e. The molecule has 3 rings (SSSR count). The Bertz CT molecular complexity index is 1060. The molecule has 0 aliphatic heterocycles. The number of benzene rings is 1. The third kappa shape index (κ3) is 5.59. The van der Waals surface area contributed by atoms with E-state index in [4.69, 9.17) is 0 Å². The largest absolute Gasteiger partial charge is 0.338 e. The summed E-state index contributed by atoms with van der Waals surface area (Å²) in [6.07, 6.45) is 3.17. The Morgan fingerprint density at radius 2 is 1.73 bits per heavy atom. The summed E-state index contributed by atoms with van der Waals surface area (Å²) in [5.41, 5.74) is 1.51. The van der Waals surface area contributed by atoms with Gasteiger partial charge in [-0.15, -0.1) is 0 Å². The van der Waals surface area contributed by atoms with Crippen LogP contribution in [0.4, 0.5) is 0 Å². The van der Waals surface area contributed by atoms with Gasteiger partial charge < -0.3 is 9.88 Å². The first-order valence-corrected chi connectivity index (χ1v) is 9.92. The van der Waals surface area contributed by atoms with Crippen LogP contribution in [0, 0.1) is 12.3 Å². The highest BCUT2D eigenvalue weighted by atomic mass is 16.2. The molecule has 7 heteroatoms. The number of carbonyl (C=O) groups excluding carboxylic acids is 1. The van der Waals surface area contributed by atoms with Crippen LogP contribution in [-0.2, 0) is 17.8 Å². The highest BCUT2D eigenvalue weighted by Gasteiger charge is 2.23. The van der Waals surface area contributed by atoms with E-state index < -0.39 is 0 Å². The van der Waals surface area contributed by atoms with E-state index >= 15 is 0 Å². The Balaban J connectivity index is 1.85. The minimum absolute atomic E-state index is 0.00694. The van der Waals surface area contributed by atoms with E-state index in [1.54, 1.807) is 25.4 Å². The summed E-state index contributed by atoms with van der Waals surface area (Å²) in [5, 5.41) is 0. The second-order valence-corrected chi connectivity index (χ2v) is 8.52. The Morgan fingerprint density at radius 1 is 1.07 bits per heavy atom. The summed E-state index contributed by atoms with van der Waals surface area (Å²) < 4.78 is 0. The maximum absolute atomic E-state index is 13.2. The molecule has 0 spiro atoms. The highest BCUT2D eigenvalue weighted by Crippen LogP contribution is 2.19. The van der Waals surface area contributed by atoms with Crippen molar-refractivity contribution in [3.8, 4) is 11.6 Å². The van der Waals surface area contributed by atoms with Crippen LogP contribution in [0.1, 0.15) is 37.6 Å². The van der Waals surface area contributed by atoms with E-state index in [2.05, 4.69) is 40.7 Å². The molecule has 0 bridgehead atoms. The van der Waals surface area contributed by atoms with Crippen molar-refractivity contribution >= 4 is 5.91 Å². The summed E-state index contributed by atoms with van der Waals surface area (Å²) in [6, 6.07) is 11.6. The van der Waals surface area contributed by atoms with Gasteiger partial charge >= 0.3 is 0 Å². The number of amides is 1. The van der Waals surface area contributed by atoms with Crippen molar-refractivity contribution in [2.75, 3.05) is 6.54 Å². The number of aromatic amines is 1. The normalized spacial score (nSPS) is 11.3. The monoisotopic (exact) mass is 405 g/mol. The zero-order valence-electron chi connectivity index (χ0n) is 17.8. The lowest BCUT2D eigenvalue weighted by atomic mass is 9.95.